The second-order valence-electron chi connectivity index (χ2n) is 5.82. The summed E-state index contributed by atoms with van der Waals surface area (Å²) in [5.41, 5.74) is 0. The van der Waals surface area contributed by atoms with Crippen LogP contribution in [-0.4, -0.2) is 44.6 Å². The smallest absolute Gasteiger partial charge is 0.309 e. The summed E-state index contributed by atoms with van der Waals surface area (Å²) in [5.74, 6) is 0.549. The van der Waals surface area contributed by atoms with Gasteiger partial charge < -0.3 is 18.9 Å². The second-order valence-corrected chi connectivity index (χ2v) is 5.82. The van der Waals surface area contributed by atoms with Gasteiger partial charge in [-0.1, -0.05) is 19.4 Å². The number of epoxide rings is 2. The van der Waals surface area contributed by atoms with Crippen molar-refractivity contribution in [1.82, 2.24) is 0 Å². The van der Waals surface area contributed by atoms with Crippen molar-refractivity contribution in [2.75, 3.05) is 26.4 Å². The predicted molar refractivity (Wildman–Crippen MR) is 71.0 cm³/mol. The molecule has 0 spiro atoms. The number of hydrogen-bond acceptors (Lipinski definition) is 5. The molecule has 1 aliphatic carbocycles. The minimum atomic E-state index is -0.127. The van der Waals surface area contributed by atoms with Gasteiger partial charge in [0.1, 0.15) is 25.4 Å². The fraction of sp³-hybridized carbons (Fsp3) is 0.800. The molecular weight excluding hydrogens is 260 g/mol. The summed E-state index contributed by atoms with van der Waals surface area (Å²) in [6, 6.07) is 0. The molecule has 2 heterocycles. The highest BCUT2D eigenvalue weighted by Crippen LogP contribution is 2.36. The minimum Gasteiger partial charge on any atom is -0.495 e. The van der Waals surface area contributed by atoms with Crippen LogP contribution in [0, 0.1) is 11.8 Å². The van der Waals surface area contributed by atoms with Crippen molar-refractivity contribution in [3.8, 4) is 0 Å². The fourth-order valence-corrected chi connectivity index (χ4v) is 2.72. The van der Waals surface area contributed by atoms with Crippen LogP contribution >= 0.6 is 0 Å². The molecule has 5 heteroatoms. The van der Waals surface area contributed by atoms with Crippen LogP contribution in [0.3, 0.4) is 0 Å². The van der Waals surface area contributed by atoms with Crippen LogP contribution in [0.15, 0.2) is 12.3 Å². The highest BCUT2D eigenvalue weighted by Gasteiger charge is 2.36. The van der Waals surface area contributed by atoms with E-state index in [2.05, 4.69) is 6.58 Å². The largest absolute Gasteiger partial charge is 0.495 e. The van der Waals surface area contributed by atoms with E-state index in [1.807, 2.05) is 0 Å². The number of ether oxygens (including phenoxy) is 4. The van der Waals surface area contributed by atoms with Gasteiger partial charge in [0, 0.05) is 5.92 Å². The lowest BCUT2D eigenvalue weighted by Gasteiger charge is -2.30. The number of carbonyl (C=O) groups is 1. The summed E-state index contributed by atoms with van der Waals surface area (Å²) in [6.45, 7) is 6.41. The Morgan fingerprint density at radius 2 is 1.55 bits per heavy atom. The standard InChI is InChI=1S/C15H22O5/c1-10(17-6-11-7-18-11)13-4-2-3-5-14(13)15(16)20-9-12-8-19-12/h11-14H,1-9H2/t11?,12-,13?,14?/m0/s1. The van der Waals surface area contributed by atoms with Crippen LogP contribution in [-0.2, 0) is 23.7 Å². The van der Waals surface area contributed by atoms with E-state index in [9.17, 15) is 4.79 Å². The number of rotatable bonds is 7. The molecule has 5 nitrogen and oxygen atoms in total. The molecule has 0 aromatic heterocycles. The van der Waals surface area contributed by atoms with Crippen molar-refractivity contribution in [2.24, 2.45) is 11.8 Å². The molecule has 3 fully saturated rings. The zero-order valence-electron chi connectivity index (χ0n) is 11.7. The van der Waals surface area contributed by atoms with Gasteiger partial charge in [-0.05, 0) is 12.8 Å². The molecule has 0 N–H and O–H groups in total. The molecule has 2 saturated heterocycles. The minimum absolute atomic E-state index is 0.0788. The Morgan fingerprint density at radius 3 is 2.15 bits per heavy atom. The molecule has 20 heavy (non-hydrogen) atoms. The van der Waals surface area contributed by atoms with Gasteiger partial charge in [0.15, 0.2) is 0 Å². The Morgan fingerprint density at radius 1 is 1.00 bits per heavy atom. The lowest BCUT2D eigenvalue weighted by molar-refractivity contribution is -0.152. The average molecular weight is 282 g/mol. The molecule has 3 aliphatic rings. The zero-order valence-corrected chi connectivity index (χ0v) is 11.7. The summed E-state index contributed by atoms with van der Waals surface area (Å²) < 4.78 is 21.2. The molecule has 0 radical (unpaired) electrons. The Kier molecular flexibility index (Phi) is 4.27. The van der Waals surface area contributed by atoms with Crippen molar-refractivity contribution in [2.45, 2.75) is 37.9 Å². The van der Waals surface area contributed by atoms with E-state index in [-0.39, 0.29) is 30.0 Å². The summed E-state index contributed by atoms with van der Waals surface area (Å²) in [4.78, 5) is 12.2. The maximum atomic E-state index is 12.2. The molecule has 0 bridgehead atoms. The van der Waals surface area contributed by atoms with Gasteiger partial charge in [0.25, 0.3) is 0 Å². The predicted octanol–water partition coefficient (Wildman–Crippen LogP) is 1.66. The molecule has 4 atom stereocenters. The molecule has 0 amide bonds. The van der Waals surface area contributed by atoms with Crippen LogP contribution in [0.4, 0.5) is 0 Å². The second kappa shape index (κ2) is 6.14. The molecule has 112 valence electrons. The van der Waals surface area contributed by atoms with Crippen molar-refractivity contribution in [1.29, 1.82) is 0 Å². The zero-order chi connectivity index (χ0) is 13.9. The van der Waals surface area contributed by atoms with Gasteiger partial charge in [0.05, 0.1) is 24.9 Å². The number of esters is 1. The number of hydrogen-bond donors (Lipinski definition) is 0. The van der Waals surface area contributed by atoms with Crippen molar-refractivity contribution >= 4 is 5.97 Å². The Balaban J connectivity index is 1.50. The van der Waals surface area contributed by atoms with Crippen LogP contribution in [0.25, 0.3) is 0 Å². The van der Waals surface area contributed by atoms with E-state index in [0.717, 1.165) is 32.3 Å². The third kappa shape index (κ3) is 3.73. The summed E-state index contributed by atoms with van der Waals surface area (Å²) in [7, 11) is 0. The lowest BCUT2D eigenvalue weighted by atomic mass is 9.78. The molecule has 0 aromatic rings. The molecule has 3 unspecified atom stereocenters. The molecule has 1 saturated carbocycles. The summed E-state index contributed by atoms with van der Waals surface area (Å²) in [6.07, 6.45) is 4.32. The summed E-state index contributed by atoms with van der Waals surface area (Å²) >= 11 is 0. The number of carbonyl (C=O) groups excluding carboxylic acids is 1. The fourth-order valence-electron chi connectivity index (χ4n) is 2.72. The highest BCUT2D eigenvalue weighted by molar-refractivity contribution is 5.73. The normalized spacial score (nSPS) is 35.2. The molecule has 0 aromatic carbocycles. The molecule has 2 aliphatic heterocycles. The monoisotopic (exact) mass is 282 g/mol. The summed E-state index contributed by atoms with van der Waals surface area (Å²) in [5, 5.41) is 0. The third-order valence-corrected chi connectivity index (χ3v) is 4.15. The van der Waals surface area contributed by atoms with E-state index in [0.29, 0.717) is 25.6 Å². The molecular formula is C15H22O5. The molecule has 3 rings (SSSR count). The van der Waals surface area contributed by atoms with Crippen LogP contribution in [0.2, 0.25) is 0 Å². The van der Waals surface area contributed by atoms with E-state index >= 15 is 0 Å². The Bertz CT molecular complexity index is 336. The first-order chi connectivity index (χ1) is 9.74. The average Bonchev–Trinajstić information content (AvgIpc) is 3.36. The lowest BCUT2D eigenvalue weighted by Crippen LogP contribution is -2.31. The maximum absolute atomic E-state index is 12.2. The SMILES string of the molecule is C=C(OCC1CO1)C1CCCCC1C(=O)OC[C@@H]1CO1. The van der Waals surface area contributed by atoms with E-state index in [1.54, 1.807) is 0 Å². The van der Waals surface area contributed by atoms with Crippen LogP contribution < -0.4 is 0 Å². The van der Waals surface area contributed by atoms with Crippen LogP contribution in [0.1, 0.15) is 25.7 Å². The topological polar surface area (TPSA) is 60.6 Å². The maximum Gasteiger partial charge on any atom is 0.309 e. The Labute approximate surface area is 119 Å². The first kappa shape index (κ1) is 13.9. The van der Waals surface area contributed by atoms with Gasteiger partial charge in [-0.15, -0.1) is 0 Å². The number of allylic oxidation sites excluding steroid dienone is 1. The van der Waals surface area contributed by atoms with E-state index in [4.69, 9.17) is 18.9 Å². The van der Waals surface area contributed by atoms with E-state index in [1.165, 1.54) is 0 Å². The first-order valence-electron chi connectivity index (χ1n) is 7.45. The van der Waals surface area contributed by atoms with Crippen molar-refractivity contribution in [3.05, 3.63) is 12.3 Å². The van der Waals surface area contributed by atoms with Gasteiger partial charge >= 0.3 is 5.97 Å². The van der Waals surface area contributed by atoms with Crippen molar-refractivity contribution < 1.29 is 23.7 Å². The van der Waals surface area contributed by atoms with Crippen LogP contribution in [0.5, 0.6) is 0 Å². The van der Waals surface area contributed by atoms with Gasteiger partial charge in [-0.2, -0.15) is 0 Å². The highest BCUT2D eigenvalue weighted by atomic mass is 16.6. The Hall–Kier alpha value is -1.07. The first-order valence-corrected chi connectivity index (χ1v) is 7.45. The van der Waals surface area contributed by atoms with Crippen molar-refractivity contribution in [3.63, 3.8) is 0 Å². The van der Waals surface area contributed by atoms with Gasteiger partial charge in [0.2, 0.25) is 0 Å². The van der Waals surface area contributed by atoms with Gasteiger partial charge in [-0.25, -0.2) is 0 Å². The quantitative estimate of drug-likeness (QED) is 0.404. The van der Waals surface area contributed by atoms with Gasteiger partial charge in [-0.3, -0.25) is 4.79 Å². The van der Waals surface area contributed by atoms with E-state index < -0.39 is 0 Å². The third-order valence-electron chi connectivity index (χ3n) is 4.15.